The van der Waals surface area contributed by atoms with Gasteiger partial charge in [0.1, 0.15) is 0 Å². The predicted octanol–water partition coefficient (Wildman–Crippen LogP) is 3.13. The van der Waals surface area contributed by atoms with Crippen molar-refractivity contribution in [3.63, 3.8) is 0 Å². The fourth-order valence-corrected chi connectivity index (χ4v) is 4.19. The molecule has 0 aliphatic heterocycles. The molecule has 0 saturated heterocycles. The number of nitrogens with one attached hydrogen (secondary N) is 1. The van der Waals surface area contributed by atoms with E-state index in [1.165, 1.54) is 25.7 Å². The largest absolute Gasteiger partial charge is 0.398 e. The van der Waals surface area contributed by atoms with Gasteiger partial charge in [-0.05, 0) is 68.6 Å². The van der Waals surface area contributed by atoms with Crippen LogP contribution >= 0.6 is 0 Å². The van der Waals surface area contributed by atoms with Crippen molar-refractivity contribution in [2.24, 2.45) is 17.8 Å². The summed E-state index contributed by atoms with van der Waals surface area (Å²) in [5.74, 6) is 2.36. The Labute approximate surface area is 120 Å². The number of rotatable bonds is 3. The summed E-state index contributed by atoms with van der Waals surface area (Å²) in [4.78, 5) is 12.4. The van der Waals surface area contributed by atoms with Gasteiger partial charge in [-0.1, -0.05) is 12.5 Å². The van der Waals surface area contributed by atoms with E-state index in [9.17, 15) is 4.79 Å². The van der Waals surface area contributed by atoms with E-state index in [0.29, 0.717) is 17.2 Å². The van der Waals surface area contributed by atoms with Crippen molar-refractivity contribution >= 4 is 11.6 Å². The summed E-state index contributed by atoms with van der Waals surface area (Å²) in [7, 11) is 0. The minimum absolute atomic E-state index is 0.0298. The van der Waals surface area contributed by atoms with E-state index in [1.54, 1.807) is 0 Å². The molecule has 20 heavy (non-hydrogen) atoms. The number of benzene rings is 1. The van der Waals surface area contributed by atoms with E-state index in [-0.39, 0.29) is 11.9 Å². The first kappa shape index (κ1) is 13.5. The number of fused-ring (bicyclic) bond motifs is 2. The lowest BCUT2D eigenvalue weighted by molar-refractivity contribution is 0.0916. The van der Waals surface area contributed by atoms with Gasteiger partial charge in [-0.3, -0.25) is 4.79 Å². The van der Waals surface area contributed by atoms with E-state index in [4.69, 9.17) is 5.73 Å². The number of hydrogen-bond donors (Lipinski definition) is 2. The van der Waals surface area contributed by atoms with Gasteiger partial charge in [0.25, 0.3) is 5.91 Å². The first-order valence-electron chi connectivity index (χ1n) is 7.71. The van der Waals surface area contributed by atoms with Crippen molar-refractivity contribution in [1.29, 1.82) is 0 Å². The Morgan fingerprint density at radius 2 is 2.15 bits per heavy atom. The van der Waals surface area contributed by atoms with Gasteiger partial charge in [0, 0.05) is 11.7 Å². The summed E-state index contributed by atoms with van der Waals surface area (Å²) in [6.45, 7) is 4.13. The molecule has 3 heteroatoms. The lowest BCUT2D eigenvalue weighted by Gasteiger charge is -2.28. The van der Waals surface area contributed by atoms with E-state index in [0.717, 1.165) is 17.4 Å². The van der Waals surface area contributed by atoms with E-state index >= 15 is 0 Å². The summed E-state index contributed by atoms with van der Waals surface area (Å²) >= 11 is 0. The molecule has 0 radical (unpaired) electrons. The molecule has 1 amide bonds. The van der Waals surface area contributed by atoms with Gasteiger partial charge >= 0.3 is 0 Å². The third-order valence-electron chi connectivity index (χ3n) is 5.25. The molecule has 0 spiro atoms. The fourth-order valence-electron chi connectivity index (χ4n) is 4.19. The summed E-state index contributed by atoms with van der Waals surface area (Å²) in [5.41, 5.74) is 8.21. The van der Waals surface area contributed by atoms with Crippen LogP contribution in [-0.2, 0) is 0 Å². The van der Waals surface area contributed by atoms with Crippen molar-refractivity contribution in [2.45, 2.75) is 45.6 Å². The van der Waals surface area contributed by atoms with Crippen molar-refractivity contribution in [3.05, 3.63) is 29.3 Å². The molecule has 1 aromatic rings. The Balaban J connectivity index is 1.66. The van der Waals surface area contributed by atoms with Crippen LogP contribution in [0.5, 0.6) is 0 Å². The number of carbonyl (C=O) groups excluding carboxylic acids is 1. The smallest absolute Gasteiger partial charge is 0.253 e. The lowest BCUT2D eigenvalue weighted by Crippen LogP contribution is -2.40. The third kappa shape index (κ3) is 2.41. The average Bonchev–Trinajstić information content (AvgIpc) is 3.00. The molecule has 2 aliphatic carbocycles. The molecule has 4 unspecified atom stereocenters. The van der Waals surface area contributed by atoms with Crippen molar-refractivity contribution in [3.8, 4) is 0 Å². The zero-order valence-electron chi connectivity index (χ0n) is 12.4. The van der Waals surface area contributed by atoms with Gasteiger partial charge in [-0.25, -0.2) is 0 Å². The van der Waals surface area contributed by atoms with E-state index in [1.807, 2.05) is 25.1 Å². The highest BCUT2D eigenvalue weighted by Gasteiger charge is 2.42. The van der Waals surface area contributed by atoms with Crippen LogP contribution in [-0.4, -0.2) is 11.9 Å². The topological polar surface area (TPSA) is 55.1 Å². The van der Waals surface area contributed by atoms with Crippen LogP contribution in [0.3, 0.4) is 0 Å². The molecule has 0 heterocycles. The Kier molecular flexibility index (Phi) is 3.45. The number of carbonyl (C=O) groups is 1. The maximum atomic E-state index is 12.4. The van der Waals surface area contributed by atoms with Gasteiger partial charge in [-0.15, -0.1) is 0 Å². The standard InChI is InChI=1S/C17H24N2O/c1-10-3-6-14(16(18)7-10)17(20)19-11(2)15-9-12-4-5-13(15)8-12/h3,6-7,11-13,15H,4-5,8-9,18H2,1-2H3,(H,19,20). The summed E-state index contributed by atoms with van der Waals surface area (Å²) in [6, 6.07) is 5.87. The van der Waals surface area contributed by atoms with Gasteiger partial charge in [0.05, 0.1) is 5.56 Å². The Morgan fingerprint density at radius 1 is 1.35 bits per heavy atom. The van der Waals surface area contributed by atoms with Crippen molar-refractivity contribution < 1.29 is 4.79 Å². The Morgan fingerprint density at radius 3 is 2.75 bits per heavy atom. The number of aryl methyl sites for hydroxylation is 1. The lowest BCUT2D eigenvalue weighted by atomic mass is 9.84. The SMILES string of the molecule is Cc1ccc(C(=O)NC(C)C2CC3CCC2C3)c(N)c1. The monoisotopic (exact) mass is 272 g/mol. The highest BCUT2D eigenvalue weighted by Crippen LogP contribution is 2.49. The molecule has 2 saturated carbocycles. The molecule has 3 rings (SSSR count). The first-order chi connectivity index (χ1) is 9.54. The number of hydrogen-bond acceptors (Lipinski definition) is 2. The molecule has 0 aromatic heterocycles. The minimum Gasteiger partial charge on any atom is -0.398 e. The van der Waals surface area contributed by atoms with Crippen LogP contribution in [0.2, 0.25) is 0 Å². The molecule has 2 fully saturated rings. The average molecular weight is 272 g/mol. The summed E-state index contributed by atoms with van der Waals surface area (Å²) in [5, 5.41) is 3.16. The molecule has 3 nitrogen and oxygen atoms in total. The van der Waals surface area contributed by atoms with Crippen LogP contribution < -0.4 is 11.1 Å². The van der Waals surface area contributed by atoms with Crippen molar-refractivity contribution in [2.75, 3.05) is 5.73 Å². The predicted molar refractivity (Wildman–Crippen MR) is 81.5 cm³/mol. The first-order valence-corrected chi connectivity index (χ1v) is 7.71. The van der Waals surface area contributed by atoms with E-state index in [2.05, 4.69) is 12.2 Å². The Bertz CT molecular complexity index is 526. The van der Waals surface area contributed by atoms with E-state index < -0.39 is 0 Å². The summed E-state index contributed by atoms with van der Waals surface area (Å²) < 4.78 is 0. The van der Waals surface area contributed by atoms with Crippen LogP contribution in [0.15, 0.2) is 18.2 Å². The Hall–Kier alpha value is -1.51. The molecule has 2 bridgehead atoms. The second-order valence-corrected chi connectivity index (χ2v) is 6.69. The highest BCUT2D eigenvalue weighted by molar-refractivity contribution is 5.99. The van der Waals surface area contributed by atoms with Crippen LogP contribution in [0.1, 0.15) is 48.5 Å². The minimum atomic E-state index is -0.0298. The normalized spacial score (nSPS) is 29.4. The van der Waals surface area contributed by atoms with Crippen LogP contribution in [0, 0.1) is 24.7 Å². The number of amides is 1. The van der Waals surface area contributed by atoms with Crippen molar-refractivity contribution in [1.82, 2.24) is 5.32 Å². The summed E-state index contributed by atoms with van der Waals surface area (Å²) in [6.07, 6.45) is 5.40. The second-order valence-electron chi connectivity index (χ2n) is 6.69. The van der Waals surface area contributed by atoms with Gasteiger partial charge < -0.3 is 11.1 Å². The second kappa shape index (κ2) is 5.12. The zero-order valence-corrected chi connectivity index (χ0v) is 12.4. The molecular formula is C17H24N2O. The molecule has 1 aromatic carbocycles. The third-order valence-corrected chi connectivity index (χ3v) is 5.25. The van der Waals surface area contributed by atoms with Gasteiger partial charge in [-0.2, -0.15) is 0 Å². The molecule has 3 N–H and O–H groups in total. The number of anilines is 1. The number of nitrogens with two attached hydrogens (primary N) is 1. The highest BCUT2D eigenvalue weighted by atomic mass is 16.1. The molecule has 4 atom stereocenters. The van der Waals surface area contributed by atoms with Crippen LogP contribution in [0.4, 0.5) is 5.69 Å². The maximum absolute atomic E-state index is 12.4. The fraction of sp³-hybridized carbons (Fsp3) is 0.588. The van der Waals surface area contributed by atoms with Gasteiger partial charge in [0.15, 0.2) is 0 Å². The molecule has 2 aliphatic rings. The maximum Gasteiger partial charge on any atom is 0.253 e. The molecule has 108 valence electrons. The zero-order chi connectivity index (χ0) is 14.3. The molecular weight excluding hydrogens is 248 g/mol. The quantitative estimate of drug-likeness (QED) is 0.831. The number of nitrogen functional groups attached to an aromatic ring is 1. The van der Waals surface area contributed by atoms with Crippen LogP contribution in [0.25, 0.3) is 0 Å². The van der Waals surface area contributed by atoms with Gasteiger partial charge in [0.2, 0.25) is 0 Å².